The number of nitrogens with zero attached hydrogens (tertiary/aromatic N) is 3. The van der Waals surface area contributed by atoms with Crippen LogP contribution in [0.3, 0.4) is 0 Å². The highest BCUT2D eigenvalue weighted by atomic mass is 16.3. The Morgan fingerprint density at radius 1 is 1.00 bits per heavy atom. The number of likely N-dealkylation sites (N-methyl/N-ethyl adjacent to an activating group) is 1. The van der Waals surface area contributed by atoms with Crippen molar-refractivity contribution in [3.63, 3.8) is 0 Å². The summed E-state index contributed by atoms with van der Waals surface area (Å²) in [7, 11) is 2.19. The van der Waals surface area contributed by atoms with Gasteiger partial charge in [-0.2, -0.15) is 10.2 Å². The summed E-state index contributed by atoms with van der Waals surface area (Å²) in [6.45, 7) is 3.92. The number of fused-ring (bicyclic) bond motifs is 2. The molecule has 4 nitrogen and oxygen atoms in total. The normalized spacial score (nSPS) is 17.2. The molecule has 1 aliphatic heterocycles. The molecule has 2 aromatic carbocycles. The zero-order chi connectivity index (χ0) is 18.4. The maximum absolute atomic E-state index is 5.50. The monoisotopic (exact) mass is 355 g/mol. The van der Waals surface area contributed by atoms with Crippen molar-refractivity contribution < 1.29 is 4.42 Å². The predicted octanol–water partition coefficient (Wildman–Crippen LogP) is 4.78. The van der Waals surface area contributed by atoms with Crippen LogP contribution in [0.1, 0.15) is 28.3 Å². The second-order valence-corrected chi connectivity index (χ2v) is 7.44. The molecule has 4 aromatic rings. The lowest BCUT2D eigenvalue weighted by atomic mass is 9.83. The van der Waals surface area contributed by atoms with E-state index in [9.17, 15) is 0 Å². The smallest absolute Gasteiger partial charge is 0.133 e. The molecule has 5 rings (SSSR count). The van der Waals surface area contributed by atoms with Gasteiger partial charge in [-0.15, -0.1) is 0 Å². The van der Waals surface area contributed by atoms with Gasteiger partial charge in [0.2, 0.25) is 0 Å². The van der Waals surface area contributed by atoms with E-state index in [0.29, 0.717) is 5.92 Å². The first-order chi connectivity index (χ1) is 13.2. The van der Waals surface area contributed by atoms with E-state index in [4.69, 9.17) is 4.42 Å². The summed E-state index contributed by atoms with van der Waals surface area (Å²) in [4.78, 5) is 2.39. The first-order valence-electron chi connectivity index (χ1n) is 9.26. The number of rotatable bonds is 2. The van der Waals surface area contributed by atoms with Gasteiger partial charge in [-0.1, -0.05) is 18.2 Å². The van der Waals surface area contributed by atoms with E-state index in [1.54, 1.807) is 6.26 Å². The topological polar surface area (TPSA) is 42.2 Å². The Kier molecular flexibility index (Phi) is 3.80. The lowest BCUT2D eigenvalue weighted by Crippen LogP contribution is -2.31. The van der Waals surface area contributed by atoms with Crippen LogP contribution in [0.4, 0.5) is 0 Å². The van der Waals surface area contributed by atoms with Crippen LogP contribution in [0.25, 0.3) is 22.2 Å². The molecule has 134 valence electrons. The number of furan rings is 1. The van der Waals surface area contributed by atoms with E-state index in [0.717, 1.165) is 41.0 Å². The molecular weight excluding hydrogens is 334 g/mol. The minimum atomic E-state index is 0.358. The van der Waals surface area contributed by atoms with Gasteiger partial charge in [0.1, 0.15) is 5.58 Å². The Morgan fingerprint density at radius 3 is 2.78 bits per heavy atom. The highest BCUT2D eigenvalue weighted by Gasteiger charge is 2.25. The molecule has 0 saturated carbocycles. The van der Waals surface area contributed by atoms with Gasteiger partial charge < -0.3 is 9.32 Å². The van der Waals surface area contributed by atoms with Crippen LogP contribution >= 0.6 is 0 Å². The van der Waals surface area contributed by atoms with Gasteiger partial charge in [-0.25, -0.2) is 0 Å². The largest absolute Gasteiger partial charge is 0.464 e. The first-order valence-corrected chi connectivity index (χ1v) is 9.26. The standard InChI is InChI=1S/C23H21N3O/c1-15-3-7-22(25-24-15)17-4-6-20-19(12-17)13-26(2)14-21(20)16-5-8-23-18(11-16)9-10-27-23/h3-12,21H,13-14H2,1-2H3. The maximum atomic E-state index is 5.50. The van der Waals surface area contributed by atoms with Gasteiger partial charge in [0.05, 0.1) is 17.7 Å². The Hall–Kier alpha value is -2.98. The Morgan fingerprint density at radius 2 is 1.93 bits per heavy atom. The fraction of sp³-hybridized carbons (Fsp3) is 0.217. The van der Waals surface area contributed by atoms with E-state index in [-0.39, 0.29) is 0 Å². The second kappa shape index (κ2) is 6.32. The Balaban J connectivity index is 1.57. The maximum Gasteiger partial charge on any atom is 0.133 e. The van der Waals surface area contributed by atoms with E-state index < -0.39 is 0 Å². The van der Waals surface area contributed by atoms with Crippen LogP contribution in [-0.4, -0.2) is 28.7 Å². The van der Waals surface area contributed by atoms with Crippen LogP contribution in [0.5, 0.6) is 0 Å². The zero-order valence-corrected chi connectivity index (χ0v) is 15.5. The first kappa shape index (κ1) is 16.2. The highest BCUT2D eigenvalue weighted by Crippen LogP contribution is 2.36. The zero-order valence-electron chi connectivity index (χ0n) is 15.5. The molecule has 0 spiro atoms. The molecule has 0 N–H and O–H groups in total. The van der Waals surface area contributed by atoms with Gasteiger partial charge >= 0.3 is 0 Å². The number of hydrogen-bond donors (Lipinski definition) is 0. The fourth-order valence-corrected chi connectivity index (χ4v) is 4.05. The number of hydrogen-bond acceptors (Lipinski definition) is 4. The Labute approximate surface area is 158 Å². The molecule has 0 bridgehead atoms. The molecular formula is C23H21N3O. The third-order valence-corrected chi connectivity index (χ3v) is 5.43. The molecule has 1 atom stereocenters. The molecule has 4 heteroatoms. The molecule has 27 heavy (non-hydrogen) atoms. The number of benzene rings is 2. The van der Waals surface area contributed by atoms with E-state index in [1.807, 2.05) is 25.1 Å². The van der Waals surface area contributed by atoms with Crippen LogP contribution in [-0.2, 0) is 6.54 Å². The molecule has 0 aliphatic carbocycles. The second-order valence-electron chi connectivity index (χ2n) is 7.44. The van der Waals surface area contributed by atoms with Gasteiger partial charge in [-0.3, -0.25) is 0 Å². The van der Waals surface area contributed by atoms with Crippen molar-refractivity contribution in [1.29, 1.82) is 0 Å². The van der Waals surface area contributed by atoms with E-state index in [2.05, 4.69) is 58.5 Å². The van der Waals surface area contributed by atoms with Crippen molar-refractivity contribution in [3.8, 4) is 11.3 Å². The third kappa shape index (κ3) is 2.92. The summed E-state index contributed by atoms with van der Waals surface area (Å²) in [6.07, 6.45) is 1.75. The van der Waals surface area contributed by atoms with Crippen molar-refractivity contribution in [3.05, 3.63) is 83.2 Å². The van der Waals surface area contributed by atoms with Gasteiger partial charge in [0.25, 0.3) is 0 Å². The van der Waals surface area contributed by atoms with Crippen LogP contribution in [0, 0.1) is 6.92 Å². The third-order valence-electron chi connectivity index (χ3n) is 5.43. The summed E-state index contributed by atoms with van der Waals surface area (Å²) in [5.74, 6) is 0.358. The summed E-state index contributed by atoms with van der Waals surface area (Å²) >= 11 is 0. The average Bonchev–Trinajstić information content (AvgIpc) is 3.15. The Bertz CT molecular complexity index is 1110. The van der Waals surface area contributed by atoms with Crippen molar-refractivity contribution >= 4 is 11.0 Å². The summed E-state index contributed by atoms with van der Waals surface area (Å²) in [6, 6.07) is 19.3. The quantitative estimate of drug-likeness (QED) is 0.519. The molecule has 0 radical (unpaired) electrons. The molecule has 0 saturated heterocycles. The predicted molar refractivity (Wildman–Crippen MR) is 107 cm³/mol. The van der Waals surface area contributed by atoms with Crippen LogP contribution in [0.15, 0.2) is 65.3 Å². The van der Waals surface area contributed by atoms with Crippen molar-refractivity contribution in [2.75, 3.05) is 13.6 Å². The van der Waals surface area contributed by atoms with Crippen LogP contribution in [0.2, 0.25) is 0 Å². The molecule has 2 aromatic heterocycles. The molecule has 1 unspecified atom stereocenters. The molecule has 1 aliphatic rings. The SMILES string of the molecule is Cc1ccc(-c2ccc3c(c2)CN(C)CC3c2ccc3occc3c2)nn1. The lowest BCUT2D eigenvalue weighted by molar-refractivity contribution is 0.295. The highest BCUT2D eigenvalue weighted by molar-refractivity contribution is 5.78. The van der Waals surface area contributed by atoms with Crippen molar-refractivity contribution in [1.82, 2.24) is 15.1 Å². The fourth-order valence-electron chi connectivity index (χ4n) is 4.05. The minimum absolute atomic E-state index is 0.358. The van der Waals surface area contributed by atoms with Crippen molar-refractivity contribution in [2.24, 2.45) is 0 Å². The lowest BCUT2D eigenvalue weighted by Gasteiger charge is -2.33. The molecule has 0 amide bonds. The van der Waals surface area contributed by atoms with Gasteiger partial charge in [-0.05, 0) is 67.1 Å². The van der Waals surface area contributed by atoms with Crippen molar-refractivity contribution in [2.45, 2.75) is 19.4 Å². The number of aryl methyl sites for hydroxylation is 1. The molecule has 3 heterocycles. The average molecular weight is 355 g/mol. The van der Waals surface area contributed by atoms with Gasteiger partial charge in [0, 0.05) is 30.0 Å². The van der Waals surface area contributed by atoms with Crippen LogP contribution < -0.4 is 0 Å². The number of aromatic nitrogens is 2. The summed E-state index contributed by atoms with van der Waals surface area (Å²) in [5, 5.41) is 9.71. The summed E-state index contributed by atoms with van der Waals surface area (Å²) in [5.41, 5.74) is 8.02. The minimum Gasteiger partial charge on any atom is -0.464 e. The summed E-state index contributed by atoms with van der Waals surface area (Å²) < 4.78 is 5.50. The van der Waals surface area contributed by atoms with E-state index in [1.165, 1.54) is 16.7 Å². The molecule has 0 fully saturated rings. The van der Waals surface area contributed by atoms with E-state index >= 15 is 0 Å². The van der Waals surface area contributed by atoms with Gasteiger partial charge in [0.15, 0.2) is 0 Å².